The van der Waals surface area contributed by atoms with E-state index >= 15 is 0 Å². The Morgan fingerprint density at radius 1 is 1.20 bits per heavy atom. The predicted octanol–water partition coefficient (Wildman–Crippen LogP) is 3.28. The monoisotopic (exact) mass is 278 g/mol. The number of rotatable bonds is 9. The zero-order valence-electron chi connectivity index (χ0n) is 13.5. The van der Waals surface area contributed by atoms with Crippen LogP contribution in [0.15, 0.2) is 24.3 Å². The topological polar surface area (TPSA) is 38.5 Å². The van der Waals surface area contributed by atoms with Gasteiger partial charge in [0.2, 0.25) is 0 Å². The van der Waals surface area contributed by atoms with Gasteiger partial charge in [-0.2, -0.15) is 0 Å². The van der Waals surface area contributed by atoms with Gasteiger partial charge in [-0.15, -0.1) is 0 Å². The Hall–Kier alpha value is -1.06. The fraction of sp³-hybridized carbons (Fsp3) is 0.647. The maximum Gasteiger partial charge on any atom is 0.123 e. The summed E-state index contributed by atoms with van der Waals surface area (Å²) >= 11 is 0. The van der Waals surface area contributed by atoms with Crippen molar-refractivity contribution >= 4 is 0 Å². The van der Waals surface area contributed by atoms with Gasteiger partial charge in [0.15, 0.2) is 0 Å². The van der Waals surface area contributed by atoms with Gasteiger partial charge in [-0.1, -0.05) is 38.5 Å². The van der Waals surface area contributed by atoms with Crippen LogP contribution in [-0.2, 0) is 6.54 Å². The lowest BCUT2D eigenvalue weighted by Crippen LogP contribution is -2.24. The van der Waals surface area contributed by atoms with Crippen LogP contribution in [0.2, 0.25) is 0 Å². The molecule has 0 atom stereocenters. The van der Waals surface area contributed by atoms with Gasteiger partial charge in [-0.05, 0) is 44.5 Å². The molecule has 3 heteroatoms. The van der Waals surface area contributed by atoms with Crippen LogP contribution < -0.4 is 10.5 Å². The van der Waals surface area contributed by atoms with Crippen molar-refractivity contribution in [1.82, 2.24) is 4.90 Å². The largest absolute Gasteiger partial charge is 0.496 e. The molecular formula is C17H30N2O. The summed E-state index contributed by atoms with van der Waals surface area (Å²) in [7, 11) is 3.90. The number of para-hydroxylation sites is 1. The van der Waals surface area contributed by atoms with E-state index in [0.717, 1.165) is 25.4 Å². The molecule has 0 aliphatic carbocycles. The first-order valence-corrected chi connectivity index (χ1v) is 7.49. The van der Waals surface area contributed by atoms with Crippen molar-refractivity contribution < 1.29 is 4.74 Å². The third-order valence-corrected chi connectivity index (χ3v) is 3.83. The number of hydrogen-bond donors (Lipinski definition) is 1. The second-order valence-corrected chi connectivity index (χ2v) is 6.38. The van der Waals surface area contributed by atoms with Gasteiger partial charge in [0.1, 0.15) is 5.75 Å². The highest BCUT2D eigenvalue weighted by molar-refractivity contribution is 5.32. The highest BCUT2D eigenvalue weighted by Crippen LogP contribution is 2.22. The number of unbranched alkanes of at least 4 members (excludes halogenated alkanes) is 1. The molecule has 0 aliphatic heterocycles. The summed E-state index contributed by atoms with van der Waals surface area (Å²) in [5, 5.41) is 0. The van der Waals surface area contributed by atoms with Crippen molar-refractivity contribution in [3.63, 3.8) is 0 Å². The van der Waals surface area contributed by atoms with Crippen molar-refractivity contribution in [3.8, 4) is 5.75 Å². The maximum atomic E-state index is 5.76. The van der Waals surface area contributed by atoms with Crippen LogP contribution in [0.1, 0.15) is 38.7 Å². The summed E-state index contributed by atoms with van der Waals surface area (Å²) in [6, 6.07) is 8.23. The summed E-state index contributed by atoms with van der Waals surface area (Å²) in [5.74, 6) is 0.976. The zero-order valence-corrected chi connectivity index (χ0v) is 13.5. The number of ether oxygens (including phenoxy) is 1. The van der Waals surface area contributed by atoms with Gasteiger partial charge in [-0.3, -0.25) is 0 Å². The quantitative estimate of drug-likeness (QED) is 0.705. The molecule has 0 unspecified atom stereocenters. The summed E-state index contributed by atoms with van der Waals surface area (Å²) in [6.07, 6.45) is 3.65. The van der Waals surface area contributed by atoms with Crippen LogP contribution in [-0.4, -0.2) is 32.1 Å². The minimum absolute atomic E-state index is 0.279. The number of methoxy groups -OCH3 is 1. The van der Waals surface area contributed by atoms with E-state index in [9.17, 15) is 0 Å². The SMILES string of the molecule is COc1ccccc1CN(C)CCCCC(C)(C)CN. The molecule has 0 aliphatic rings. The molecule has 1 aromatic rings. The number of benzene rings is 1. The van der Waals surface area contributed by atoms with Gasteiger partial charge >= 0.3 is 0 Å². The first kappa shape index (κ1) is 17.0. The molecule has 0 spiro atoms. The molecule has 1 aromatic carbocycles. The molecule has 0 bridgehead atoms. The predicted molar refractivity (Wildman–Crippen MR) is 86.0 cm³/mol. The number of nitrogens with zero attached hydrogens (tertiary/aromatic N) is 1. The maximum absolute atomic E-state index is 5.76. The fourth-order valence-corrected chi connectivity index (χ4v) is 2.29. The molecule has 0 radical (unpaired) electrons. The van der Waals surface area contributed by atoms with Crippen LogP contribution in [0.5, 0.6) is 5.75 Å². The summed E-state index contributed by atoms with van der Waals surface area (Å²) < 4.78 is 5.39. The van der Waals surface area contributed by atoms with Crippen molar-refractivity contribution in [2.24, 2.45) is 11.1 Å². The highest BCUT2D eigenvalue weighted by atomic mass is 16.5. The highest BCUT2D eigenvalue weighted by Gasteiger charge is 2.14. The van der Waals surface area contributed by atoms with Gasteiger partial charge < -0.3 is 15.4 Å². The lowest BCUT2D eigenvalue weighted by atomic mass is 9.87. The summed E-state index contributed by atoms with van der Waals surface area (Å²) in [6.45, 7) is 7.30. The van der Waals surface area contributed by atoms with E-state index in [2.05, 4.69) is 37.9 Å². The van der Waals surface area contributed by atoms with E-state index in [-0.39, 0.29) is 5.41 Å². The number of nitrogens with two attached hydrogens (primary N) is 1. The molecule has 1 rings (SSSR count). The molecular weight excluding hydrogens is 248 g/mol. The van der Waals surface area contributed by atoms with Crippen molar-refractivity contribution in [2.45, 2.75) is 39.7 Å². The lowest BCUT2D eigenvalue weighted by Gasteiger charge is -2.23. The Morgan fingerprint density at radius 2 is 1.90 bits per heavy atom. The average molecular weight is 278 g/mol. The van der Waals surface area contributed by atoms with E-state index in [1.165, 1.54) is 24.8 Å². The first-order valence-electron chi connectivity index (χ1n) is 7.49. The Morgan fingerprint density at radius 3 is 2.55 bits per heavy atom. The summed E-state index contributed by atoms with van der Waals surface area (Å²) in [5.41, 5.74) is 7.29. The van der Waals surface area contributed by atoms with Crippen molar-refractivity contribution in [1.29, 1.82) is 0 Å². The molecule has 2 N–H and O–H groups in total. The first-order chi connectivity index (χ1) is 9.48. The van der Waals surface area contributed by atoms with Crippen molar-refractivity contribution in [3.05, 3.63) is 29.8 Å². The van der Waals surface area contributed by atoms with Crippen LogP contribution in [0.4, 0.5) is 0 Å². The average Bonchev–Trinajstić information content (AvgIpc) is 2.44. The minimum atomic E-state index is 0.279. The van der Waals surface area contributed by atoms with E-state index in [1.54, 1.807) is 7.11 Å². The van der Waals surface area contributed by atoms with Gasteiger partial charge in [-0.25, -0.2) is 0 Å². The zero-order chi connectivity index (χ0) is 15.0. The minimum Gasteiger partial charge on any atom is -0.496 e. The molecule has 0 fully saturated rings. The molecule has 3 nitrogen and oxygen atoms in total. The van der Waals surface area contributed by atoms with E-state index in [0.29, 0.717) is 0 Å². The third kappa shape index (κ3) is 5.93. The molecule has 0 aromatic heterocycles. The molecule has 0 saturated heterocycles. The second-order valence-electron chi connectivity index (χ2n) is 6.38. The molecule has 0 heterocycles. The Balaban J connectivity index is 2.32. The lowest BCUT2D eigenvalue weighted by molar-refractivity contribution is 0.285. The Bertz CT molecular complexity index is 390. The summed E-state index contributed by atoms with van der Waals surface area (Å²) in [4.78, 5) is 2.35. The van der Waals surface area contributed by atoms with Gasteiger partial charge in [0, 0.05) is 12.1 Å². The molecule has 0 amide bonds. The molecule has 0 saturated carbocycles. The van der Waals surface area contributed by atoms with Crippen LogP contribution >= 0.6 is 0 Å². The second kappa shape index (κ2) is 8.28. The standard InChI is InChI=1S/C17H30N2O/c1-17(2,14-18)11-7-8-12-19(3)13-15-9-5-6-10-16(15)20-4/h5-6,9-10H,7-8,11-14,18H2,1-4H3. The fourth-order valence-electron chi connectivity index (χ4n) is 2.29. The Kier molecular flexibility index (Phi) is 7.03. The smallest absolute Gasteiger partial charge is 0.123 e. The van der Waals surface area contributed by atoms with Gasteiger partial charge in [0.05, 0.1) is 7.11 Å². The Labute approximate surface area is 124 Å². The number of hydrogen-bond acceptors (Lipinski definition) is 3. The van der Waals surface area contributed by atoms with Gasteiger partial charge in [0.25, 0.3) is 0 Å². The van der Waals surface area contributed by atoms with Crippen LogP contribution in [0, 0.1) is 5.41 Å². The third-order valence-electron chi connectivity index (χ3n) is 3.83. The van der Waals surface area contributed by atoms with Crippen LogP contribution in [0.3, 0.4) is 0 Å². The molecule has 114 valence electrons. The van der Waals surface area contributed by atoms with E-state index < -0.39 is 0 Å². The van der Waals surface area contributed by atoms with Crippen LogP contribution in [0.25, 0.3) is 0 Å². The van der Waals surface area contributed by atoms with Crippen molar-refractivity contribution in [2.75, 3.05) is 27.2 Å². The molecule has 20 heavy (non-hydrogen) atoms. The van der Waals surface area contributed by atoms with E-state index in [1.807, 2.05) is 12.1 Å². The normalized spacial score (nSPS) is 11.9. The van der Waals surface area contributed by atoms with E-state index in [4.69, 9.17) is 10.5 Å².